The Morgan fingerprint density at radius 3 is 0.630 bits per heavy atom. The molecule has 0 rings (SSSR count). The summed E-state index contributed by atoms with van der Waals surface area (Å²) in [6.45, 7) is 15.8. The van der Waals surface area contributed by atoms with Crippen molar-refractivity contribution in [2.24, 2.45) is 0 Å². The molecule has 10 heteroatoms. The summed E-state index contributed by atoms with van der Waals surface area (Å²) in [4.78, 5) is 39.6. The maximum Gasteiger partial charge on any atom is 0.379 e. The Morgan fingerprint density at radius 1 is 0.274 bits per heavy atom. The van der Waals surface area contributed by atoms with Crippen molar-refractivity contribution >= 4 is 25.5 Å². The quantitative estimate of drug-likeness (QED) is 0.0193. The third-order valence-electron chi connectivity index (χ3n) is 14.4. The third-order valence-corrected chi connectivity index (χ3v) is 17.1. The van der Waals surface area contributed by atoms with Gasteiger partial charge in [-0.25, -0.2) is 0 Å². The lowest BCUT2D eigenvalue weighted by Gasteiger charge is -2.40. The largest absolute Gasteiger partial charge is 0.447 e. The van der Waals surface area contributed by atoms with Gasteiger partial charge in [-0.2, -0.15) is 0 Å². The minimum absolute atomic E-state index is 0.164. The SMILES string of the molecule is CCCCCCCCCCCCCCCCCC(=O)OC(C)(C)OP(=O)(OC(C)(C)OC(=O)CCCCCCCCCCCCCCCCC)C(C)(C)OC(=O)CCCCCCCCCCCCCCCCC. The van der Waals surface area contributed by atoms with Crippen molar-refractivity contribution in [3.63, 3.8) is 0 Å². The topological polar surface area (TPSA) is 114 Å². The van der Waals surface area contributed by atoms with E-state index in [1.165, 1.54) is 253 Å². The molecule has 0 saturated carbocycles. The predicted octanol–water partition coefficient (Wildman–Crippen LogP) is 21.8. The van der Waals surface area contributed by atoms with Gasteiger partial charge in [0.05, 0.1) is 0 Å². The predicted molar refractivity (Wildman–Crippen MR) is 309 cm³/mol. The monoisotopic (exact) mass is 1050 g/mol. The van der Waals surface area contributed by atoms with Gasteiger partial charge < -0.3 is 14.2 Å². The lowest BCUT2D eigenvalue weighted by molar-refractivity contribution is -0.207. The molecule has 0 heterocycles. The molecule has 0 radical (unpaired) electrons. The van der Waals surface area contributed by atoms with Crippen LogP contribution in [0.25, 0.3) is 0 Å². The van der Waals surface area contributed by atoms with Crippen molar-refractivity contribution in [1.29, 1.82) is 0 Å². The van der Waals surface area contributed by atoms with Gasteiger partial charge >= 0.3 is 25.5 Å². The number of hydrogen-bond donors (Lipinski definition) is 0. The van der Waals surface area contributed by atoms with Crippen LogP contribution in [0.15, 0.2) is 0 Å². The van der Waals surface area contributed by atoms with Crippen LogP contribution in [0.1, 0.15) is 371 Å². The van der Waals surface area contributed by atoms with Crippen LogP contribution in [0.3, 0.4) is 0 Å². The first-order valence-corrected chi connectivity index (χ1v) is 33.2. The third kappa shape index (κ3) is 45.3. The van der Waals surface area contributed by atoms with Crippen LogP contribution in [0.2, 0.25) is 0 Å². The number of carbonyl (C=O) groups excluding carboxylic acids is 3. The van der Waals surface area contributed by atoms with Gasteiger partial charge in [0, 0.05) is 47.0 Å². The van der Waals surface area contributed by atoms with Crippen LogP contribution in [0.5, 0.6) is 0 Å². The zero-order valence-electron chi connectivity index (χ0n) is 50.1. The van der Waals surface area contributed by atoms with Gasteiger partial charge in [0.15, 0.2) is 0 Å². The van der Waals surface area contributed by atoms with Crippen LogP contribution < -0.4 is 0 Å². The molecular weight excluding hydrogens is 932 g/mol. The molecule has 73 heavy (non-hydrogen) atoms. The maximum atomic E-state index is 15.1. The normalized spacial score (nSPS) is 12.4. The van der Waals surface area contributed by atoms with Crippen molar-refractivity contribution in [2.75, 3.05) is 0 Å². The summed E-state index contributed by atoms with van der Waals surface area (Å²) < 4.78 is 44.9. The highest BCUT2D eigenvalue weighted by Gasteiger charge is 2.54. The molecule has 0 fully saturated rings. The van der Waals surface area contributed by atoms with Gasteiger partial charge in [0.2, 0.25) is 16.9 Å². The summed E-state index contributed by atoms with van der Waals surface area (Å²) in [5, 5.41) is -1.80. The zero-order valence-corrected chi connectivity index (χ0v) is 51.0. The number of ether oxygens (including phenoxy) is 3. The highest BCUT2D eigenvalue weighted by molar-refractivity contribution is 7.55. The van der Waals surface area contributed by atoms with E-state index in [1.807, 2.05) is 0 Å². The Kier molecular flexibility index (Phi) is 46.8. The van der Waals surface area contributed by atoms with Gasteiger partial charge in [-0.1, -0.05) is 290 Å². The summed E-state index contributed by atoms with van der Waals surface area (Å²) in [5.41, 5.74) is 0. The van der Waals surface area contributed by atoms with Crippen LogP contribution in [0, 0.1) is 0 Å². The van der Waals surface area contributed by atoms with Crippen LogP contribution >= 0.6 is 7.60 Å². The molecule has 0 atom stereocenters. The van der Waals surface area contributed by atoms with Gasteiger partial charge in [-0.15, -0.1) is 0 Å². The van der Waals surface area contributed by atoms with E-state index in [2.05, 4.69) is 20.8 Å². The number of esters is 3. The van der Waals surface area contributed by atoms with E-state index >= 15 is 4.57 Å². The molecule has 0 aliphatic carbocycles. The first kappa shape index (κ1) is 71.6. The molecule has 434 valence electrons. The van der Waals surface area contributed by atoms with E-state index < -0.39 is 42.4 Å². The van der Waals surface area contributed by atoms with E-state index in [-0.39, 0.29) is 19.3 Å². The maximum absolute atomic E-state index is 15.1. The first-order valence-electron chi connectivity index (χ1n) is 31.7. The van der Waals surface area contributed by atoms with Crippen molar-refractivity contribution in [3.8, 4) is 0 Å². The number of unbranched alkanes of at least 4 members (excludes halogenated alkanes) is 42. The standard InChI is InChI=1S/C63H123O9P/c1-10-13-16-19-22-25-28-31-34-37-40-43-46-49-52-55-58(64)68-61(4,5)71-73(67,63(8,9)70-60(66)57-54-51-48-45-42-39-36-33-30-27-24-21-18-15-12-3)72-62(6,7)69-59(65)56-53-50-47-44-41-38-35-32-29-26-23-20-17-14-11-2/h10-57H2,1-9H3. The molecule has 0 aromatic carbocycles. The fourth-order valence-corrected chi connectivity index (χ4v) is 11.7. The van der Waals surface area contributed by atoms with Crippen LogP contribution in [-0.4, -0.2) is 34.8 Å². The Hall–Kier alpha value is -1.44. The fourth-order valence-electron chi connectivity index (χ4n) is 9.81. The smallest absolute Gasteiger partial charge is 0.379 e. The summed E-state index contributed by atoms with van der Waals surface area (Å²) in [6.07, 6.45) is 55.9. The van der Waals surface area contributed by atoms with Crippen LogP contribution in [-0.2, 0) is 42.2 Å². The average molecular weight is 1060 g/mol. The summed E-state index contributed by atoms with van der Waals surface area (Å²) >= 11 is 0. The van der Waals surface area contributed by atoms with Crippen molar-refractivity contribution in [3.05, 3.63) is 0 Å². The van der Waals surface area contributed by atoms with Gasteiger partial charge in [0.1, 0.15) is 0 Å². The minimum Gasteiger partial charge on any atom is -0.447 e. The molecule has 0 aliphatic rings. The molecular formula is C63H123O9P. The summed E-state index contributed by atoms with van der Waals surface area (Å²) in [6, 6.07) is 0. The Morgan fingerprint density at radius 2 is 0.438 bits per heavy atom. The molecule has 0 aromatic rings. The minimum atomic E-state index is -4.53. The Labute approximate surface area is 453 Å². The fraction of sp³-hybridized carbons (Fsp3) is 0.952. The molecule has 0 aromatic heterocycles. The van der Waals surface area contributed by atoms with Gasteiger partial charge in [-0.3, -0.25) is 28.0 Å². The first-order chi connectivity index (χ1) is 35.0. The zero-order chi connectivity index (χ0) is 54.2. The van der Waals surface area contributed by atoms with Crippen molar-refractivity contribution < 1.29 is 42.2 Å². The second-order valence-corrected chi connectivity index (χ2v) is 25.9. The Bertz CT molecular complexity index is 1260. The summed E-state index contributed by atoms with van der Waals surface area (Å²) in [5.74, 6) is -4.85. The highest BCUT2D eigenvalue weighted by Crippen LogP contribution is 2.65. The van der Waals surface area contributed by atoms with Crippen molar-refractivity contribution in [2.45, 2.75) is 387 Å². The van der Waals surface area contributed by atoms with E-state index in [1.54, 1.807) is 0 Å². The molecule has 0 amide bonds. The molecule has 9 nitrogen and oxygen atoms in total. The lowest BCUT2D eigenvalue weighted by Crippen LogP contribution is -2.41. The van der Waals surface area contributed by atoms with E-state index in [0.29, 0.717) is 19.3 Å². The number of carbonyl (C=O) groups is 3. The number of rotatable bonds is 56. The van der Waals surface area contributed by atoms with E-state index in [9.17, 15) is 14.4 Å². The highest BCUT2D eigenvalue weighted by atomic mass is 31.2. The lowest BCUT2D eigenvalue weighted by atomic mass is 10.0. The molecule has 0 aliphatic heterocycles. The second-order valence-electron chi connectivity index (χ2n) is 23.4. The molecule has 0 spiro atoms. The second kappa shape index (κ2) is 47.7. The molecule has 0 N–H and O–H groups in total. The molecule has 0 unspecified atom stereocenters. The van der Waals surface area contributed by atoms with E-state index in [4.69, 9.17) is 23.3 Å². The average Bonchev–Trinajstić information content (AvgIpc) is 3.31. The van der Waals surface area contributed by atoms with Gasteiger partial charge in [-0.05, 0) is 33.1 Å². The van der Waals surface area contributed by atoms with Crippen molar-refractivity contribution in [1.82, 2.24) is 0 Å². The molecule has 0 bridgehead atoms. The summed E-state index contributed by atoms with van der Waals surface area (Å²) in [7, 11) is -4.53. The number of hydrogen-bond acceptors (Lipinski definition) is 9. The van der Waals surface area contributed by atoms with Gasteiger partial charge in [0.25, 0.3) is 0 Å². The molecule has 0 saturated heterocycles. The van der Waals surface area contributed by atoms with Crippen LogP contribution in [0.4, 0.5) is 0 Å². The van der Waals surface area contributed by atoms with E-state index in [0.717, 1.165) is 57.8 Å². The Balaban J connectivity index is 5.10.